The Morgan fingerprint density at radius 1 is 1.56 bits per heavy atom. The Balaban J connectivity index is 2.38. The van der Waals surface area contributed by atoms with Crippen molar-refractivity contribution in [3.05, 3.63) is 24.0 Å². The lowest BCUT2D eigenvalue weighted by Gasteiger charge is -2.17. The largest absolute Gasteiger partial charge is 0.573 e. The topological polar surface area (TPSA) is 35.5 Å². The van der Waals surface area contributed by atoms with Gasteiger partial charge in [0, 0.05) is 0 Å². The Hall–Kier alpha value is -1.30. The molecule has 1 atom stereocenters. The summed E-state index contributed by atoms with van der Waals surface area (Å²) in [5, 5.41) is 0. The van der Waals surface area contributed by atoms with Crippen molar-refractivity contribution < 1.29 is 27.4 Å². The van der Waals surface area contributed by atoms with Crippen molar-refractivity contribution in [3.63, 3.8) is 0 Å². The van der Waals surface area contributed by atoms with Gasteiger partial charge in [0.1, 0.15) is 12.4 Å². The number of halogens is 3. The first-order valence-corrected chi connectivity index (χ1v) is 4.62. The molecule has 90 valence electrons. The van der Waals surface area contributed by atoms with E-state index in [-0.39, 0.29) is 30.7 Å². The van der Waals surface area contributed by atoms with Crippen molar-refractivity contribution in [1.82, 2.24) is 0 Å². The monoisotopic (exact) mass is 236 g/mol. The predicted octanol–water partition coefficient (Wildman–Crippen LogP) is 2.34. The van der Waals surface area contributed by atoms with Gasteiger partial charge in [-0.1, -0.05) is 6.08 Å². The van der Waals surface area contributed by atoms with Gasteiger partial charge in [-0.15, -0.1) is 13.2 Å². The molecule has 0 aromatic rings. The number of allylic oxidation sites excluding steroid dienone is 1. The fraction of sp³-hybridized carbons (Fsp3) is 0.500. The fourth-order valence-corrected chi connectivity index (χ4v) is 1.14. The quantitative estimate of drug-likeness (QED) is 0.751. The summed E-state index contributed by atoms with van der Waals surface area (Å²) in [6.45, 7) is 1.33. The Morgan fingerprint density at radius 2 is 2.25 bits per heavy atom. The first-order valence-electron chi connectivity index (χ1n) is 4.62. The highest BCUT2D eigenvalue weighted by Gasteiger charge is 2.32. The van der Waals surface area contributed by atoms with Gasteiger partial charge in [-0.05, 0) is 25.5 Å². The summed E-state index contributed by atoms with van der Waals surface area (Å²) in [5.74, 6) is -0.384. The van der Waals surface area contributed by atoms with Gasteiger partial charge in [0.2, 0.25) is 0 Å². The molecule has 0 aromatic heterocycles. The maximum atomic E-state index is 11.8. The van der Waals surface area contributed by atoms with E-state index in [2.05, 4.69) is 4.74 Å². The number of ether oxygens (including phenoxy) is 2. The number of rotatable bonds is 4. The number of carbonyl (C=O) groups excluding carboxylic acids is 1. The highest BCUT2D eigenvalue weighted by atomic mass is 19.4. The minimum atomic E-state index is -4.68. The lowest BCUT2D eigenvalue weighted by atomic mass is 10.1. The fourth-order valence-electron chi connectivity index (χ4n) is 1.14. The number of hydrogen-bond acceptors (Lipinski definition) is 3. The summed E-state index contributed by atoms with van der Waals surface area (Å²) in [7, 11) is 0. The van der Waals surface area contributed by atoms with Crippen LogP contribution in [0, 0.1) is 0 Å². The zero-order chi connectivity index (χ0) is 12.2. The van der Waals surface area contributed by atoms with Crippen LogP contribution in [-0.2, 0) is 14.3 Å². The third-order valence-electron chi connectivity index (χ3n) is 1.76. The smallest absolute Gasteiger partial charge is 0.406 e. The molecule has 16 heavy (non-hydrogen) atoms. The number of Topliss-reactive ketones (excluding diaryl/α,β-unsaturated/α-hetero) is 1. The van der Waals surface area contributed by atoms with Crippen molar-refractivity contribution in [1.29, 1.82) is 0 Å². The molecule has 0 N–H and O–H groups in total. The highest BCUT2D eigenvalue weighted by Crippen LogP contribution is 2.24. The summed E-state index contributed by atoms with van der Waals surface area (Å²) in [5.41, 5.74) is 0. The molecule has 0 saturated heterocycles. The maximum absolute atomic E-state index is 11.8. The Bertz CT molecular complexity index is 318. The van der Waals surface area contributed by atoms with Crippen LogP contribution in [0.3, 0.4) is 0 Å². The molecule has 0 radical (unpaired) electrons. The summed E-state index contributed by atoms with van der Waals surface area (Å²) in [6.07, 6.45) is -0.896. The Kier molecular flexibility index (Phi) is 4.12. The van der Waals surface area contributed by atoms with Crippen molar-refractivity contribution in [2.45, 2.75) is 25.8 Å². The van der Waals surface area contributed by atoms with Crippen molar-refractivity contribution >= 4 is 5.78 Å². The number of ketones is 1. The van der Waals surface area contributed by atoms with Gasteiger partial charge in [0.05, 0.1) is 6.10 Å². The van der Waals surface area contributed by atoms with Crippen LogP contribution in [-0.4, -0.2) is 24.9 Å². The lowest BCUT2D eigenvalue weighted by Crippen LogP contribution is -2.18. The summed E-state index contributed by atoms with van der Waals surface area (Å²) >= 11 is 0. The zero-order valence-corrected chi connectivity index (χ0v) is 8.58. The molecule has 6 heteroatoms. The molecule has 1 aliphatic carbocycles. The van der Waals surface area contributed by atoms with Gasteiger partial charge in [0.15, 0.2) is 5.78 Å². The molecule has 0 bridgehead atoms. The minimum absolute atomic E-state index is 0.0433. The van der Waals surface area contributed by atoms with E-state index in [0.29, 0.717) is 0 Å². The molecule has 3 nitrogen and oxygen atoms in total. The van der Waals surface area contributed by atoms with Crippen molar-refractivity contribution in [2.75, 3.05) is 6.61 Å². The first kappa shape index (κ1) is 12.8. The van der Waals surface area contributed by atoms with E-state index >= 15 is 0 Å². The Morgan fingerprint density at radius 3 is 2.69 bits per heavy atom. The molecule has 0 saturated carbocycles. The van der Waals surface area contributed by atoms with Crippen LogP contribution in [0.15, 0.2) is 24.0 Å². The average Bonchev–Trinajstić information content (AvgIpc) is 2.14. The molecule has 0 fully saturated rings. The predicted molar refractivity (Wildman–Crippen MR) is 49.4 cm³/mol. The summed E-state index contributed by atoms with van der Waals surface area (Å²) in [4.78, 5) is 10.6. The third kappa shape index (κ3) is 4.97. The lowest BCUT2D eigenvalue weighted by molar-refractivity contribution is -0.303. The van der Waals surface area contributed by atoms with Crippen LogP contribution in [0.5, 0.6) is 0 Å². The van der Waals surface area contributed by atoms with Crippen LogP contribution >= 0.6 is 0 Å². The van der Waals surface area contributed by atoms with Gasteiger partial charge in [0.25, 0.3) is 0 Å². The van der Waals surface area contributed by atoms with Crippen LogP contribution < -0.4 is 0 Å². The van der Waals surface area contributed by atoms with Gasteiger partial charge >= 0.3 is 6.36 Å². The van der Waals surface area contributed by atoms with Crippen LogP contribution in [0.25, 0.3) is 0 Å². The zero-order valence-electron chi connectivity index (χ0n) is 8.58. The second-order valence-electron chi connectivity index (χ2n) is 3.30. The van der Waals surface area contributed by atoms with E-state index in [4.69, 9.17) is 4.74 Å². The number of hydrogen-bond donors (Lipinski definition) is 0. The van der Waals surface area contributed by atoms with Gasteiger partial charge in [-0.25, -0.2) is 0 Å². The van der Waals surface area contributed by atoms with Gasteiger partial charge < -0.3 is 9.47 Å². The molecule has 0 aromatic carbocycles. The van der Waals surface area contributed by atoms with E-state index in [1.165, 1.54) is 25.2 Å². The maximum Gasteiger partial charge on any atom is 0.573 e. The Labute approximate surface area is 90.5 Å². The molecular formula is C10H11F3O3. The molecule has 0 aliphatic heterocycles. The normalized spacial score (nSPS) is 20.5. The first-order chi connectivity index (χ1) is 7.37. The second-order valence-corrected chi connectivity index (χ2v) is 3.30. The molecule has 1 unspecified atom stereocenters. The van der Waals surface area contributed by atoms with E-state index < -0.39 is 6.36 Å². The number of carbonyl (C=O) groups is 1. The van der Waals surface area contributed by atoms with Crippen LogP contribution in [0.1, 0.15) is 13.3 Å². The molecular weight excluding hydrogens is 225 g/mol. The summed E-state index contributed by atoms with van der Waals surface area (Å²) in [6, 6.07) is 0. The van der Waals surface area contributed by atoms with Crippen LogP contribution in [0.2, 0.25) is 0 Å². The van der Waals surface area contributed by atoms with Gasteiger partial charge in [-0.3, -0.25) is 4.79 Å². The van der Waals surface area contributed by atoms with Crippen molar-refractivity contribution in [3.8, 4) is 0 Å². The standard InChI is InChI=1S/C10H11F3O3/c1-7(14)6-15-8-2-4-9(5-3-8)16-10(11,12)13/h2,4-5,8H,3,6H2,1H3. The van der Waals surface area contributed by atoms with E-state index in [1.807, 2.05) is 0 Å². The molecule has 1 aliphatic rings. The molecule has 0 amide bonds. The van der Waals surface area contributed by atoms with Crippen LogP contribution in [0.4, 0.5) is 13.2 Å². The summed E-state index contributed by atoms with van der Waals surface area (Å²) < 4.78 is 44.3. The SMILES string of the molecule is CC(=O)COC1C=CC(OC(F)(F)F)=CC1. The molecule has 1 rings (SSSR count). The third-order valence-corrected chi connectivity index (χ3v) is 1.76. The highest BCUT2D eigenvalue weighted by molar-refractivity contribution is 5.76. The van der Waals surface area contributed by atoms with E-state index in [9.17, 15) is 18.0 Å². The average molecular weight is 236 g/mol. The van der Waals surface area contributed by atoms with Crippen molar-refractivity contribution in [2.24, 2.45) is 0 Å². The van der Waals surface area contributed by atoms with E-state index in [1.54, 1.807) is 0 Å². The number of alkyl halides is 3. The molecule has 0 heterocycles. The second kappa shape index (κ2) is 5.16. The molecule has 0 spiro atoms. The van der Waals surface area contributed by atoms with Gasteiger partial charge in [-0.2, -0.15) is 0 Å². The van der Waals surface area contributed by atoms with E-state index in [0.717, 1.165) is 0 Å². The minimum Gasteiger partial charge on any atom is -0.406 e.